The van der Waals surface area contributed by atoms with Crippen LogP contribution >= 0.6 is 0 Å². The lowest BCUT2D eigenvalue weighted by Gasteiger charge is -2.07. The maximum atomic E-state index is 12.3. The Bertz CT molecular complexity index is 864. The lowest BCUT2D eigenvalue weighted by molar-refractivity contribution is -0.120. The summed E-state index contributed by atoms with van der Waals surface area (Å²) in [6, 6.07) is 24.0. The molecule has 3 nitrogen and oxygen atoms in total. The number of hydrazone groups is 1. The van der Waals surface area contributed by atoms with E-state index in [0.29, 0.717) is 6.42 Å². The van der Waals surface area contributed by atoms with Crippen molar-refractivity contribution in [2.45, 2.75) is 19.8 Å². The van der Waals surface area contributed by atoms with Gasteiger partial charge in [-0.25, -0.2) is 5.43 Å². The highest BCUT2D eigenvalue weighted by molar-refractivity contribution is 6.01. The van der Waals surface area contributed by atoms with Crippen LogP contribution in [0.15, 0.2) is 77.9 Å². The average Bonchev–Trinajstić information content (AvgIpc) is 2.63. The maximum Gasteiger partial charge on any atom is 0.244 e. The fourth-order valence-corrected chi connectivity index (χ4v) is 2.77. The zero-order chi connectivity index (χ0) is 16.8. The molecule has 0 atom stereocenters. The Kier molecular flexibility index (Phi) is 5.02. The molecule has 0 aromatic heterocycles. The van der Waals surface area contributed by atoms with Crippen LogP contribution < -0.4 is 5.43 Å². The van der Waals surface area contributed by atoms with E-state index >= 15 is 0 Å². The lowest BCUT2D eigenvalue weighted by Crippen LogP contribution is -2.22. The van der Waals surface area contributed by atoms with Crippen molar-refractivity contribution in [2.24, 2.45) is 5.10 Å². The van der Waals surface area contributed by atoms with E-state index in [1.54, 1.807) is 0 Å². The summed E-state index contributed by atoms with van der Waals surface area (Å²) in [6.45, 7) is 2.03. The van der Waals surface area contributed by atoms with Crippen LogP contribution in [0.3, 0.4) is 0 Å². The topological polar surface area (TPSA) is 41.5 Å². The summed E-state index contributed by atoms with van der Waals surface area (Å²) < 4.78 is 0. The molecule has 0 aliphatic heterocycles. The van der Waals surface area contributed by atoms with Gasteiger partial charge in [-0.1, -0.05) is 79.7 Å². The number of amides is 1. The minimum Gasteiger partial charge on any atom is -0.273 e. The molecule has 0 spiro atoms. The van der Waals surface area contributed by atoms with E-state index in [0.717, 1.165) is 34.0 Å². The number of fused-ring (bicyclic) bond motifs is 1. The largest absolute Gasteiger partial charge is 0.273 e. The van der Waals surface area contributed by atoms with E-state index in [-0.39, 0.29) is 5.91 Å². The Morgan fingerprint density at radius 2 is 1.62 bits per heavy atom. The summed E-state index contributed by atoms with van der Waals surface area (Å²) in [4.78, 5) is 12.3. The van der Waals surface area contributed by atoms with E-state index in [1.165, 1.54) is 0 Å². The molecule has 0 aliphatic rings. The van der Waals surface area contributed by atoms with Crippen LogP contribution in [-0.2, 0) is 11.2 Å². The minimum absolute atomic E-state index is 0.103. The highest BCUT2D eigenvalue weighted by Crippen LogP contribution is 2.18. The normalized spacial score (nSPS) is 11.5. The van der Waals surface area contributed by atoms with Crippen LogP contribution in [0.1, 0.15) is 24.5 Å². The van der Waals surface area contributed by atoms with Crippen molar-refractivity contribution >= 4 is 22.4 Å². The van der Waals surface area contributed by atoms with Gasteiger partial charge >= 0.3 is 0 Å². The average molecular weight is 316 g/mol. The molecule has 0 heterocycles. The van der Waals surface area contributed by atoms with Crippen molar-refractivity contribution in [1.82, 2.24) is 5.43 Å². The Morgan fingerprint density at radius 1 is 0.917 bits per heavy atom. The molecule has 0 saturated heterocycles. The second-order valence-electron chi connectivity index (χ2n) is 5.63. The molecule has 0 aliphatic carbocycles. The molecular weight excluding hydrogens is 296 g/mol. The molecule has 24 heavy (non-hydrogen) atoms. The van der Waals surface area contributed by atoms with Gasteiger partial charge in [0.25, 0.3) is 0 Å². The van der Waals surface area contributed by atoms with Crippen molar-refractivity contribution in [2.75, 3.05) is 0 Å². The number of nitrogens with zero attached hydrogens (tertiary/aromatic N) is 1. The Hall–Kier alpha value is -2.94. The number of carbonyl (C=O) groups excluding carboxylic acids is 1. The van der Waals surface area contributed by atoms with Crippen molar-refractivity contribution in [3.63, 3.8) is 0 Å². The van der Waals surface area contributed by atoms with Gasteiger partial charge in [0.2, 0.25) is 5.91 Å². The van der Waals surface area contributed by atoms with Gasteiger partial charge in [0.1, 0.15) is 0 Å². The molecule has 0 saturated carbocycles. The highest BCUT2D eigenvalue weighted by Gasteiger charge is 2.07. The van der Waals surface area contributed by atoms with Gasteiger partial charge in [-0.15, -0.1) is 0 Å². The van der Waals surface area contributed by atoms with Crippen molar-refractivity contribution in [3.8, 4) is 0 Å². The first-order valence-electron chi connectivity index (χ1n) is 8.15. The summed E-state index contributed by atoms with van der Waals surface area (Å²) in [6.07, 6.45) is 1.08. The van der Waals surface area contributed by atoms with Crippen LogP contribution in [0, 0.1) is 0 Å². The van der Waals surface area contributed by atoms with E-state index < -0.39 is 0 Å². The van der Waals surface area contributed by atoms with Gasteiger partial charge in [0.05, 0.1) is 12.1 Å². The monoisotopic (exact) mass is 316 g/mol. The van der Waals surface area contributed by atoms with Crippen LogP contribution in [0.2, 0.25) is 0 Å². The van der Waals surface area contributed by atoms with E-state index in [1.807, 2.05) is 67.6 Å². The zero-order valence-corrected chi connectivity index (χ0v) is 13.7. The first kappa shape index (κ1) is 15.9. The van der Waals surface area contributed by atoms with Gasteiger partial charge in [-0.3, -0.25) is 4.79 Å². The molecule has 120 valence electrons. The molecule has 0 bridgehead atoms. The second kappa shape index (κ2) is 7.55. The third-order valence-electron chi connectivity index (χ3n) is 3.99. The SMILES string of the molecule is CC/C(=N\NC(=O)Cc1cccc2ccccc12)c1ccccc1. The molecule has 3 rings (SSSR count). The molecule has 0 unspecified atom stereocenters. The molecule has 3 aromatic carbocycles. The molecular formula is C21H20N2O. The van der Waals surface area contributed by atoms with Crippen LogP contribution in [0.25, 0.3) is 10.8 Å². The van der Waals surface area contributed by atoms with Gasteiger partial charge < -0.3 is 0 Å². The molecule has 3 aromatic rings. The number of carbonyl (C=O) groups is 1. The first-order chi connectivity index (χ1) is 11.8. The molecule has 0 fully saturated rings. The van der Waals surface area contributed by atoms with Gasteiger partial charge in [-0.05, 0) is 28.3 Å². The molecule has 0 radical (unpaired) electrons. The zero-order valence-electron chi connectivity index (χ0n) is 13.7. The standard InChI is InChI=1S/C21H20N2O/c1-2-20(17-10-4-3-5-11-17)22-23-21(24)15-18-13-8-12-16-9-6-7-14-19(16)18/h3-14H,2,15H2,1H3,(H,23,24)/b22-20+. The summed E-state index contributed by atoms with van der Waals surface area (Å²) in [5, 5.41) is 6.56. The molecule has 3 heteroatoms. The predicted molar refractivity (Wildman–Crippen MR) is 99.1 cm³/mol. The Labute approximate surface area is 142 Å². The van der Waals surface area contributed by atoms with Gasteiger partial charge in [0.15, 0.2) is 0 Å². The maximum absolute atomic E-state index is 12.3. The van der Waals surface area contributed by atoms with E-state index in [2.05, 4.69) is 22.7 Å². The van der Waals surface area contributed by atoms with Gasteiger partial charge in [0, 0.05) is 0 Å². The first-order valence-corrected chi connectivity index (χ1v) is 8.15. The van der Waals surface area contributed by atoms with Crippen LogP contribution in [0.5, 0.6) is 0 Å². The summed E-state index contributed by atoms with van der Waals surface area (Å²) >= 11 is 0. The number of hydrogen-bond acceptors (Lipinski definition) is 2. The fourth-order valence-electron chi connectivity index (χ4n) is 2.77. The van der Waals surface area contributed by atoms with E-state index in [4.69, 9.17) is 0 Å². The third-order valence-corrected chi connectivity index (χ3v) is 3.99. The second-order valence-corrected chi connectivity index (χ2v) is 5.63. The number of nitrogens with one attached hydrogen (secondary N) is 1. The number of benzene rings is 3. The summed E-state index contributed by atoms with van der Waals surface area (Å²) in [5.41, 5.74) is 5.62. The quantitative estimate of drug-likeness (QED) is 0.553. The van der Waals surface area contributed by atoms with Gasteiger partial charge in [-0.2, -0.15) is 5.10 Å². The summed E-state index contributed by atoms with van der Waals surface area (Å²) in [7, 11) is 0. The van der Waals surface area contributed by atoms with E-state index in [9.17, 15) is 4.79 Å². The predicted octanol–water partition coefficient (Wildman–Crippen LogP) is 4.31. The lowest BCUT2D eigenvalue weighted by atomic mass is 10.0. The number of rotatable bonds is 5. The Balaban J connectivity index is 1.74. The molecule has 1 amide bonds. The van der Waals surface area contributed by atoms with Crippen molar-refractivity contribution in [3.05, 3.63) is 83.9 Å². The Morgan fingerprint density at radius 3 is 2.42 bits per heavy atom. The number of hydrogen-bond donors (Lipinski definition) is 1. The summed E-state index contributed by atoms with van der Waals surface area (Å²) in [5.74, 6) is -0.103. The van der Waals surface area contributed by atoms with Crippen LogP contribution in [-0.4, -0.2) is 11.6 Å². The highest BCUT2D eigenvalue weighted by atomic mass is 16.2. The van der Waals surface area contributed by atoms with Crippen LogP contribution in [0.4, 0.5) is 0 Å². The van der Waals surface area contributed by atoms with Crippen molar-refractivity contribution < 1.29 is 4.79 Å². The van der Waals surface area contributed by atoms with Crippen molar-refractivity contribution in [1.29, 1.82) is 0 Å². The smallest absolute Gasteiger partial charge is 0.244 e. The third kappa shape index (κ3) is 3.69. The molecule has 1 N–H and O–H groups in total. The fraction of sp³-hybridized carbons (Fsp3) is 0.143. The minimum atomic E-state index is -0.103.